The van der Waals surface area contributed by atoms with E-state index in [1.165, 1.54) is 0 Å². The first-order chi connectivity index (χ1) is 9.24. The average Bonchev–Trinajstić information content (AvgIpc) is 2.96. The van der Waals surface area contributed by atoms with Gasteiger partial charge in [-0.3, -0.25) is 5.10 Å². The van der Waals surface area contributed by atoms with Crippen molar-refractivity contribution in [3.8, 4) is 11.6 Å². The first-order valence-electron chi connectivity index (χ1n) is 5.09. The van der Waals surface area contributed by atoms with Crippen LogP contribution in [0.5, 0.6) is 0 Å². The van der Waals surface area contributed by atoms with E-state index in [9.17, 15) is 13.2 Å². The molecule has 8 nitrogen and oxygen atoms in total. The normalized spacial score (nSPS) is 10.8. The maximum Gasteiger partial charge on any atom is 0.490 e. The van der Waals surface area contributed by atoms with Gasteiger partial charge in [-0.1, -0.05) is 0 Å². The number of aliphatic carboxylic acids is 1. The van der Waals surface area contributed by atoms with E-state index in [-0.39, 0.29) is 6.54 Å². The van der Waals surface area contributed by atoms with Gasteiger partial charge in [0.05, 0.1) is 6.54 Å². The monoisotopic (exact) mass is 293 g/mol. The topological polar surface area (TPSA) is 131 Å². The molecular formula is C9H10F3N5O3. The second kappa shape index (κ2) is 6.14. The Balaban J connectivity index is 0.000000246. The van der Waals surface area contributed by atoms with Crippen LogP contribution in [0.1, 0.15) is 11.6 Å². The van der Waals surface area contributed by atoms with E-state index < -0.39 is 12.1 Å². The third kappa shape index (κ3) is 4.35. The minimum atomic E-state index is -5.08. The van der Waals surface area contributed by atoms with Crippen molar-refractivity contribution >= 4 is 5.97 Å². The molecule has 0 aliphatic carbocycles. The Kier molecular flexibility index (Phi) is 4.80. The number of nitrogens with one attached hydrogen (secondary N) is 1. The fraction of sp³-hybridized carbons (Fsp3) is 0.333. The molecule has 4 N–H and O–H groups in total. The van der Waals surface area contributed by atoms with Crippen LogP contribution in [0.4, 0.5) is 13.2 Å². The van der Waals surface area contributed by atoms with E-state index in [0.29, 0.717) is 17.5 Å². The summed E-state index contributed by atoms with van der Waals surface area (Å²) in [5, 5.41) is 21.4. The molecule has 0 spiro atoms. The van der Waals surface area contributed by atoms with Crippen LogP contribution in [0, 0.1) is 6.92 Å². The van der Waals surface area contributed by atoms with Crippen molar-refractivity contribution in [2.24, 2.45) is 5.73 Å². The van der Waals surface area contributed by atoms with E-state index in [0.717, 1.165) is 5.69 Å². The summed E-state index contributed by atoms with van der Waals surface area (Å²) >= 11 is 0. The molecule has 0 saturated heterocycles. The molecule has 0 radical (unpaired) electrons. The number of carboxylic acid groups (broad SMARTS) is 1. The van der Waals surface area contributed by atoms with Crippen LogP contribution in [0.2, 0.25) is 0 Å². The van der Waals surface area contributed by atoms with E-state index in [1.54, 1.807) is 0 Å². The number of nitrogens with zero attached hydrogens (tertiary/aromatic N) is 3. The van der Waals surface area contributed by atoms with E-state index >= 15 is 0 Å². The molecule has 110 valence electrons. The summed E-state index contributed by atoms with van der Waals surface area (Å²) < 4.78 is 36.9. The molecule has 2 aromatic rings. The van der Waals surface area contributed by atoms with Crippen LogP contribution < -0.4 is 5.73 Å². The van der Waals surface area contributed by atoms with Gasteiger partial charge in [0.25, 0.3) is 5.89 Å². The average molecular weight is 293 g/mol. The quantitative estimate of drug-likeness (QED) is 0.748. The van der Waals surface area contributed by atoms with Crippen molar-refractivity contribution in [3.05, 3.63) is 17.7 Å². The molecule has 0 atom stereocenters. The highest BCUT2D eigenvalue weighted by Crippen LogP contribution is 2.15. The van der Waals surface area contributed by atoms with Gasteiger partial charge in [0.15, 0.2) is 0 Å². The maximum absolute atomic E-state index is 10.6. The zero-order chi connectivity index (χ0) is 15.3. The summed E-state index contributed by atoms with van der Waals surface area (Å²) in [6, 6.07) is 1.83. The molecule has 0 aliphatic heterocycles. The fourth-order valence-electron chi connectivity index (χ4n) is 0.967. The summed E-state index contributed by atoms with van der Waals surface area (Å²) in [4.78, 5) is 8.90. The number of halogens is 3. The van der Waals surface area contributed by atoms with Gasteiger partial charge >= 0.3 is 12.1 Å². The van der Waals surface area contributed by atoms with Crippen LogP contribution in [0.25, 0.3) is 11.6 Å². The highest BCUT2D eigenvalue weighted by Gasteiger charge is 2.38. The van der Waals surface area contributed by atoms with Gasteiger partial charge in [-0.15, -0.1) is 10.2 Å². The van der Waals surface area contributed by atoms with E-state index in [1.807, 2.05) is 13.0 Å². The second-order valence-corrected chi connectivity index (χ2v) is 3.44. The summed E-state index contributed by atoms with van der Waals surface area (Å²) in [5.74, 6) is -1.95. The Labute approximate surface area is 109 Å². The lowest BCUT2D eigenvalue weighted by Gasteiger charge is -1.93. The van der Waals surface area contributed by atoms with Crippen molar-refractivity contribution in [3.63, 3.8) is 0 Å². The number of hydrogen-bond donors (Lipinski definition) is 3. The Bertz CT molecular complexity index is 577. The number of alkyl halides is 3. The van der Waals surface area contributed by atoms with Gasteiger partial charge in [0.2, 0.25) is 5.89 Å². The predicted molar refractivity (Wildman–Crippen MR) is 58.2 cm³/mol. The lowest BCUT2D eigenvalue weighted by atomic mass is 10.4. The molecule has 0 aliphatic rings. The van der Waals surface area contributed by atoms with Crippen LogP contribution in [-0.4, -0.2) is 37.6 Å². The number of hydrogen-bond acceptors (Lipinski definition) is 6. The van der Waals surface area contributed by atoms with Crippen molar-refractivity contribution in [2.75, 3.05) is 0 Å². The smallest absolute Gasteiger partial charge is 0.475 e. The summed E-state index contributed by atoms with van der Waals surface area (Å²) in [5.41, 5.74) is 6.91. The van der Waals surface area contributed by atoms with Crippen molar-refractivity contribution < 1.29 is 27.5 Å². The van der Waals surface area contributed by atoms with Crippen LogP contribution in [-0.2, 0) is 11.3 Å². The van der Waals surface area contributed by atoms with Crippen molar-refractivity contribution in [2.45, 2.75) is 19.6 Å². The number of aryl methyl sites for hydroxylation is 1. The second-order valence-electron chi connectivity index (χ2n) is 3.44. The predicted octanol–water partition coefficient (Wildman–Crippen LogP) is 0.860. The van der Waals surface area contributed by atoms with Gasteiger partial charge in [0.1, 0.15) is 5.69 Å². The number of nitrogens with two attached hydrogens (primary N) is 1. The van der Waals surface area contributed by atoms with Gasteiger partial charge in [-0.25, -0.2) is 4.79 Å². The number of carbonyl (C=O) groups is 1. The number of aromatic nitrogens is 4. The lowest BCUT2D eigenvalue weighted by molar-refractivity contribution is -0.192. The molecule has 0 amide bonds. The molecule has 2 heterocycles. The maximum atomic E-state index is 10.6. The SMILES string of the molecule is Cc1cc(-c2nnc(CN)o2)n[nH]1.O=C(O)C(F)(F)F. The molecule has 2 rings (SSSR count). The molecule has 2 aromatic heterocycles. The lowest BCUT2D eigenvalue weighted by Crippen LogP contribution is -2.21. The van der Waals surface area contributed by atoms with Gasteiger partial charge in [-0.05, 0) is 13.0 Å². The standard InChI is InChI=1S/C7H9N5O.C2HF3O2/c1-4-2-5(10-9-4)7-12-11-6(3-8)13-7;3-2(4,5)1(6)7/h2H,3,8H2,1H3,(H,9,10);(H,6,7). The Morgan fingerprint density at radius 3 is 2.45 bits per heavy atom. The zero-order valence-corrected chi connectivity index (χ0v) is 10.1. The van der Waals surface area contributed by atoms with Gasteiger partial charge < -0.3 is 15.3 Å². The number of rotatable bonds is 2. The Morgan fingerprint density at radius 1 is 1.50 bits per heavy atom. The van der Waals surface area contributed by atoms with Crippen molar-refractivity contribution in [1.82, 2.24) is 20.4 Å². The molecule has 0 aromatic carbocycles. The highest BCUT2D eigenvalue weighted by molar-refractivity contribution is 5.73. The Morgan fingerprint density at radius 2 is 2.10 bits per heavy atom. The zero-order valence-electron chi connectivity index (χ0n) is 10.1. The molecule has 0 saturated carbocycles. The molecular weight excluding hydrogens is 283 g/mol. The Hall–Kier alpha value is -2.43. The highest BCUT2D eigenvalue weighted by atomic mass is 19.4. The third-order valence-electron chi connectivity index (χ3n) is 1.81. The van der Waals surface area contributed by atoms with Crippen LogP contribution in [0.3, 0.4) is 0 Å². The van der Waals surface area contributed by atoms with Gasteiger partial charge in [-0.2, -0.15) is 18.3 Å². The minimum Gasteiger partial charge on any atom is -0.475 e. The molecule has 11 heteroatoms. The van der Waals surface area contributed by atoms with E-state index in [4.69, 9.17) is 20.1 Å². The van der Waals surface area contributed by atoms with Crippen molar-refractivity contribution in [1.29, 1.82) is 0 Å². The minimum absolute atomic E-state index is 0.246. The van der Waals surface area contributed by atoms with Gasteiger partial charge in [0, 0.05) is 5.69 Å². The number of H-pyrrole nitrogens is 1. The van der Waals surface area contributed by atoms with Crippen LogP contribution in [0.15, 0.2) is 10.5 Å². The first kappa shape index (κ1) is 15.6. The fourth-order valence-corrected chi connectivity index (χ4v) is 0.967. The summed E-state index contributed by atoms with van der Waals surface area (Å²) in [6.45, 7) is 2.15. The molecule has 0 bridgehead atoms. The third-order valence-corrected chi connectivity index (χ3v) is 1.81. The molecule has 0 unspecified atom stereocenters. The van der Waals surface area contributed by atoms with E-state index in [2.05, 4.69) is 20.4 Å². The summed E-state index contributed by atoms with van der Waals surface area (Å²) in [7, 11) is 0. The molecule has 0 fully saturated rings. The summed E-state index contributed by atoms with van der Waals surface area (Å²) in [6.07, 6.45) is -5.08. The number of carboxylic acids is 1. The first-order valence-corrected chi connectivity index (χ1v) is 5.09. The largest absolute Gasteiger partial charge is 0.490 e. The molecule has 20 heavy (non-hydrogen) atoms. The number of aromatic amines is 1. The van der Waals surface area contributed by atoms with Crippen LogP contribution >= 0.6 is 0 Å².